The molecule has 2 rings (SSSR count). The molecule has 1 atom stereocenters. The van der Waals surface area contributed by atoms with Crippen LogP contribution in [0.3, 0.4) is 0 Å². The van der Waals surface area contributed by atoms with E-state index in [-0.39, 0.29) is 11.9 Å². The predicted molar refractivity (Wildman–Crippen MR) is 72.5 cm³/mol. The molecule has 1 aromatic heterocycles. The standard InChI is InChI=1S/C15H17FN2O/c1-12(13-5-7-17-8-6-13)18-9-10-19-15-4-2-3-14(16)11-15/h2-8,11-12,18H,9-10H2,1H3/t12-/m0/s1. The van der Waals surface area contributed by atoms with Crippen LogP contribution in [0.2, 0.25) is 0 Å². The average Bonchev–Trinajstić information content (AvgIpc) is 2.44. The molecule has 0 amide bonds. The highest BCUT2D eigenvalue weighted by Crippen LogP contribution is 2.12. The van der Waals surface area contributed by atoms with E-state index in [1.807, 2.05) is 12.1 Å². The van der Waals surface area contributed by atoms with Crippen LogP contribution in [-0.2, 0) is 0 Å². The molecule has 0 bridgehead atoms. The van der Waals surface area contributed by atoms with Crippen molar-refractivity contribution in [1.29, 1.82) is 0 Å². The number of pyridine rings is 1. The largest absolute Gasteiger partial charge is 0.492 e. The third-order valence-corrected chi connectivity index (χ3v) is 2.82. The summed E-state index contributed by atoms with van der Waals surface area (Å²) in [7, 11) is 0. The van der Waals surface area contributed by atoms with Gasteiger partial charge in [-0.1, -0.05) is 6.07 Å². The second-order valence-corrected chi connectivity index (χ2v) is 4.26. The van der Waals surface area contributed by atoms with Crippen molar-refractivity contribution in [2.75, 3.05) is 13.2 Å². The summed E-state index contributed by atoms with van der Waals surface area (Å²) >= 11 is 0. The molecule has 0 fully saturated rings. The van der Waals surface area contributed by atoms with Crippen LogP contribution in [0.4, 0.5) is 4.39 Å². The summed E-state index contributed by atoms with van der Waals surface area (Å²) in [6, 6.07) is 10.4. The van der Waals surface area contributed by atoms with Gasteiger partial charge in [0.1, 0.15) is 18.2 Å². The Labute approximate surface area is 112 Å². The number of rotatable bonds is 6. The first-order valence-electron chi connectivity index (χ1n) is 6.27. The first kappa shape index (κ1) is 13.5. The van der Waals surface area contributed by atoms with Gasteiger partial charge in [0.15, 0.2) is 0 Å². The zero-order chi connectivity index (χ0) is 13.5. The molecule has 3 nitrogen and oxygen atoms in total. The van der Waals surface area contributed by atoms with Crippen LogP contribution in [0, 0.1) is 5.82 Å². The third kappa shape index (κ3) is 4.34. The number of hydrogen-bond acceptors (Lipinski definition) is 3. The Morgan fingerprint density at radius 2 is 2.05 bits per heavy atom. The molecule has 0 spiro atoms. The fourth-order valence-electron chi connectivity index (χ4n) is 1.77. The zero-order valence-electron chi connectivity index (χ0n) is 10.8. The molecule has 1 N–H and O–H groups in total. The molecule has 4 heteroatoms. The van der Waals surface area contributed by atoms with Crippen LogP contribution >= 0.6 is 0 Å². The van der Waals surface area contributed by atoms with Crippen molar-refractivity contribution in [3.8, 4) is 5.75 Å². The Kier molecular flexibility index (Phi) is 4.86. The minimum Gasteiger partial charge on any atom is -0.492 e. The van der Waals surface area contributed by atoms with Gasteiger partial charge in [0.25, 0.3) is 0 Å². The Morgan fingerprint density at radius 1 is 1.26 bits per heavy atom. The summed E-state index contributed by atoms with van der Waals surface area (Å²) in [5, 5.41) is 3.34. The minimum absolute atomic E-state index is 0.235. The number of benzene rings is 1. The van der Waals surface area contributed by atoms with Gasteiger partial charge in [0.05, 0.1) is 0 Å². The van der Waals surface area contributed by atoms with Crippen LogP contribution < -0.4 is 10.1 Å². The first-order chi connectivity index (χ1) is 9.25. The Hall–Kier alpha value is -1.94. The Morgan fingerprint density at radius 3 is 2.79 bits per heavy atom. The summed E-state index contributed by atoms with van der Waals surface area (Å²) in [6.45, 7) is 3.27. The fraction of sp³-hybridized carbons (Fsp3) is 0.267. The highest BCUT2D eigenvalue weighted by Gasteiger charge is 2.03. The van der Waals surface area contributed by atoms with E-state index in [0.717, 1.165) is 0 Å². The van der Waals surface area contributed by atoms with Gasteiger partial charge in [0, 0.05) is 31.0 Å². The summed E-state index contributed by atoms with van der Waals surface area (Å²) in [5.41, 5.74) is 1.18. The van der Waals surface area contributed by atoms with Crippen molar-refractivity contribution in [3.63, 3.8) is 0 Å². The summed E-state index contributed by atoms with van der Waals surface area (Å²) in [6.07, 6.45) is 3.55. The topological polar surface area (TPSA) is 34.1 Å². The quantitative estimate of drug-likeness (QED) is 0.811. The van der Waals surface area contributed by atoms with Gasteiger partial charge in [-0.05, 0) is 36.8 Å². The monoisotopic (exact) mass is 260 g/mol. The molecule has 0 aliphatic heterocycles. The summed E-state index contributed by atoms with van der Waals surface area (Å²) < 4.78 is 18.4. The molecular formula is C15H17FN2O. The second kappa shape index (κ2) is 6.85. The molecule has 0 saturated heterocycles. The van der Waals surface area contributed by atoms with Gasteiger partial charge in [-0.15, -0.1) is 0 Å². The molecule has 100 valence electrons. The number of aromatic nitrogens is 1. The molecular weight excluding hydrogens is 243 g/mol. The van der Waals surface area contributed by atoms with Gasteiger partial charge in [-0.25, -0.2) is 4.39 Å². The predicted octanol–water partition coefficient (Wildman–Crippen LogP) is 2.95. The molecule has 19 heavy (non-hydrogen) atoms. The summed E-state index contributed by atoms with van der Waals surface area (Å²) in [4.78, 5) is 3.98. The third-order valence-electron chi connectivity index (χ3n) is 2.82. The van der Waals surface area contributed by atoms with Gasteiger partial charge < -0.3 is 10.1 Å². The number of ether oxygens (including phenoxy) is 1. The van der Waals surface area contributed by atoms with Crippen LogP contribution in [0.25, 0.3) is 0 Å². The fourth-order valence-corrected chi connectivity index (χ4v) is 1.77. The Bertz CT molecular complexity index is 505. The molecule has 0 aliphatic carbocycles. The Balaban J connectivity index is 1.72. The number of nitrogens with one attached hydrogen (secondary N) is 1. The molecule has 0 aliphatic rings. The second-order valence-electron chi connectivity index (χ2n) is 4.26. The maximum absolute atomic E-state index is 12.9. The molecule has 1 aromatic carbocycles. The zero-order valence-corrected chi connectivity index (χ0v) is 10.8. The molecule has 1 heterocycles. The van der Waals surface area contributed by atoms with E-state index in [0.29, 0.717) is 18.9 Å². The van der Waals surface area contributed by atoms with Crippen molar-refractivity contribution in [2.24, 2.45) is 0 Å². The van der Waals surface area contributed by atoms with Crippen molar-refractivity contribution >= 4 is 0 Å². The van der Waals surface area contributed by atoms with E-state index >= 15 is 0 Å². The lowest BCUT2D eigenvalue weighted by molar-refractivity contribution is 0.306. The van der Waals surface area contributed by atoms with Crippen LogP contribution in [-0.4, -0.2) is 18.1 Å². The van der Waals surface area contributed by atoms with Crippen molar-refractivity contribution < 1.29 is 9.13 Å². The SMILES string of the molecule is C[C@H](NCCOc1cccc(F)c1)c1ccncc1. The maximum atomic E-state index is 12.9. The summed E-state index contributed by atoms with van der Waals surface area (Å²) in [5.74, 6) is 0.272. The van der Waals surface area contributed by atoms with Gasteiger partial charge >= 0.3 is 0 Å². The van der Waals surface area contributed by atoms with Crippen LogP contribution in [0.15, 0.2) is 48.8 Å². The van der Waals surface area contributed by atoms with Crippen molar-refractivity contribution in [2.45, 2.75) is 13.0 Å². The van der Waals surface area contributed by atoms with Crippen LogP contribution in [0.5, 0.6) is 5.75 Å². The normalized spacial score (nSPS) is 12.1. The van der Waals surface area contributed by atoms with E-state index in [1.54, 1.807) is 24.5 Å². The lowest BCUT2D eigenvalue weighted by Crippen LogP contribution is -2.24. The van der Waals surface area contributed by atoms with Gasteiger partial charge in [-0.2, -0.15) is 0 Å². The molecule has 2 aromatic rings. The molecule has 0 unspecified atom stereocenters. The van der Waals surface area contributed by atoms with E-state index in [9.17, 15) is 4.39 Å². The highest BCUT2D eigenvalue weighted by atomic mass is 19.1. The van der Waals surface area contributed by atoms with Crippen molar-refractivity contribution in [3.05, 3.63) is 60.2 Å². The van der Waals surface area contributed by atoms with Crippen molar-refractivity contribution in [1.82, 2.24) is 10.3 Å². The number of halogens is 1. The lowest BCUT2D eigenvalue weighted by Gasteiger charge is -2.14. The van der Waals surface area contributed by atoms with E-state index in [2.05, 4.69) is 17.2 Å². The minimum atomic E-state index is -0.282. The highest BCUT2D eigenvalue weighted by molar-refractivity contribution is 5.22. The van der Waals surface area contributed by atoms with Gasteiger partial charge in [-0.3, -0.25) is 4.98 Å². The smallest absolute Gasteiger partial charge is 0.126 e. The first-order valence-corrected chi connectivity index (χ1v) is 6.27. The maximum Gasteiger partial charge on any atom is 0.126 e. The molecule has 0 saturated carbocycles. The van der Waals surface area contributed by atoms with E-state index < -0.39 is 0 Å². The lowest BCUT2D eigenvalue weighted by atomic mass is 10.1. The number of nitrogens with zero attached hydrogens (tertiary/aromatic N) is 1. The van der Waals surface area contributed by atoms with Crippen LogP contribution in [0.1, 0.15) is 18.5 Å². The molecule has 0 radical (unpaired) electrons. The van der Waals surface area contributed by atoms with E-state index in [4.69, 9.17) is 4.74 Å². The number of hydrogen-bond donors (Lipinski definition) is 1. The van der Waals surface area contributed by atoms with Gasteiger partial charge in [0.2, 0.25) is 0 Å². The van der Waals surface area contributed by atoms with E-state index in [1.165, 1.54) is 17.7 Å². The average molecular weight is 260 g/mol.